The minimum atomic E-state index is -0.104. The summed E-state index contributed by atoms with van der Waals surface area (Å²) in [6.45, 7) is 3.95. The van der Waals surface area contributed by atoms with Gasteiger partial charge in [-0.25, -0.2) is 0 Å². The molecule has 4 rings (SSSR count). The first-order valence-electron chi connectivity index (χ1n) is 8.92. The summed E-state index contributed by atoms with van der Waals surface area (Å²) >= 11 is 1.23. The molecule has 140 valence electrons. The molecule has 0 atom stereocenters. The van der Waals surface area contributed by atoms with Crippen LogP contribution in [0.3, 0.4) is 0 Å². The summed E-state index contributed by atoms with van der Waals surface area (Å²) in [5.41, 5.74) is 3.79. The van der Waals surface area contributed by atoms with Crippen LogP contribution in [0.1, 0.15) is 11.1 Å². The number of aryl methyl sites for hydroxylation is 2. The minimum absolute atomic E-state index is 0.104. The Labute approximate surface area is 167 Å². The summed E-state index contributed by atoms with van der Waals surface area (Å²) in [5, 5.41) is 13.8. The summed E-state index contributed by atoms with van der Waals surface area (Å²) in [7, 11) is 0. The van der Waals surface area contributed by atoms with Crippen molar-refractivity contribution in [2.75, 3.05) is 11.1 Å². The van der Waals surface area contributed by atoms with E-state index in [0.29, 0.717) is 11.1 Å². The summed E-state index contributed by atoms with van der Waals surface area (Å²) in [6.07, 6.45) is 0. The Kier molecular flexibility index (Phi) is 5.12. The largest absolute Gasteiger partial charge is 0.411 e. The van der Waals surface area contributed by atoms with E-state index in [-0.39, 0.29) is 11.7 Å². The molecular weight excluding hydrogens is 370 g/mol. The van der Waals surface area contributed by atoms with Crippen LogP contribution in [0.4, 0.5) is 5.69 Å². The molecule has 5 nitrogen and oxygen atoms in total. The summed E-state index contributed by atoms with van der Waals surface area (Å²) < 4.78 is 5.73. The van der Waals surface area contributed by atoms with E-state index in [4.69, 9.17) is 4.42 Å². The second-order valence-electron chi connectivity index (χ2n) is 6.54. The number of amides is 1. The van der Waals surface area contributed by atoms with Crippen molar-refractivity contribution in [3.8, 4) is 11.5 Å². The first-order valence-corrected chi connectivity index (χ1v) is 9.90. The third kappa shape index (κ3) is 3.92. The Morgan fingerprint density at radius 1 is 0.964 bits per heavy atom. The highest BCUT2D eigenvalue weighted by atomic mass is 32.2. The molecule has 0 bridgehead atoms. The number of benzene rings is 3. The highest BCUT2D eigenvalue weighted by Crippen LogP contribution is 2.26. The number of thioether (sulfide) groups is 1. The maximum atomic E-state index is 12.3. The van der Waals surface area contributed by atoms with Crippen LogP contribution in [0.5, 0.6) is 0 Å². The fourth-order valence-corrected chi connectivity index (χ4v) is 3.58. The molecule has 1 aromatic heterocycles. The fourth-order valence-electron chi connectivity index (χ4n) is 3.02. The molecule has 0 aliphatic rings. The number of carbonyl (C=O) groups excluding carboxylic acids is 1. The van der Waals surface area contributed by atoms with Crippen molar-refractivity contribution in [2.24, 2.45) is 0 Å². The SMILES string of the molecule is Cc1cccc(C)c1NC(=O)CSc1nnc(-c2ccc3ccccc3c2)o1. The maximum absolute atomic E-state index is 12.3. The first kappa shape index (κ1) is 18.3. The number of carbonyl (C=O) groups is 1. The molecule has 0 unspecified atom stereocenters. The molecule has 0 spiro atoms. The van der Waals surface area contributed by atoms with Gasteiger partial charge in [0.2, 0.25) is 11.8 Å². The Morgan fingerprint density at radius 2 is 1.71 bits per heavy atom. The number of nitrogens with one attached hydrogen (secondary N) is 1. The maximum Gasteiger partial charge on any atom is 0.277 e. The lowest BCUT2D eigenvalue weighted by atomic mass is 10.1. The Bertz CT molecular complexity index is 1130. The second-order valence-corrected chi connectivity index (χ2v) is 7.47. The molecular formula is C22H19N3O2S. The zero-order chi connectivity index (χ0) is 19.5. The third-order valence-electron chi connectivity index (χ3n) is 4.48. The zero-order valence-corrected chi connectivity index (χ0v) is 16.4. The number of fused-ring (bicyclic) bond motifs is 1. The van der Waals surface area contributed by atoms with Gasteiger partial charge in [-0.05, 0) is 47.9 Å². The van der Waals surface area contributed by atoms with Crippen LogP contribution in [-0.4, -0.2) is 21.9 Å². The van der Waals surface area contributed by atoms with Gasteiger partial charge in [-0.1, -0.05) is 60.3 Å². The van der Waals surface area contributed by atoms with E-state index >= 15 is 0 Å². The van der Waals surface area contributed by atoms with Crippen LogP contribution in [0, 0.1) is 13.8 Å². The van der Waals surface area contributed by atoms with Crippen LogP contribution >= 0.6 is 11.8 Å². The van der Waals surface area contributed by atoms with E-state index in [1.54, 1.807) is 0 Å². The van der Waals surface area contributed by atoms with E-state index in [2.05, 4.69) is 21.6 Å². The van der Waals surface area contributed by atoms with E-state index in [9.17, 15) is 4.79 Å². The molecule has 6 heteroatoms. The molecule has 0 aliphatic heterocycles. The van der Waals surface area contributed by atoms with Gasteiger partial charge in [-0.15, -0.1) is 10.2 Å². The van der Waals surface area contributed by atoms with Gasteiger partial charge in [0.25, 0.3) is 5.22 Å². The van der Waals surface area contributed by atoms with Crippen molar-refractivity contribution in [2.45, 2.75) is 19.1 Å². The van der Waals surface area contributed by atoms with Crippen LogP contribution in [0.2, 0.25) is 0 Å². The van der Waals surface area contributed by atoms with Crippen LogP contribution in [0.15, 0.2) is 70.3 Å². The highest BCUT2D eigenvalue weighted by Gasteiger charge is 2.13. The van der Waals surface area contributed by atoms with Gasteiger partial charge < -0.3 is 9.73 Å². The monoisotopic (exact) mass is 389 g/mol. The zero-order valence-electron chi connectivity index (χ0n) is 15.6. The predicted octanol–water partition coefficient (Wildman–Crippen LogP) is 5.24. The normalized spacial score (nSPS) is 10.9. The second kappa shape index (κ2) is 7.86. The van der Waals surface area contributed by atoms with Gasteiger partial charge in [-0.2, -0.15) is 0 Å². The topological polar surface area (TPSA) is 68.0 Å². The lowest BCUT2D eigenvalue weighted by Crippen LogP contribution is -2.15. The van der Waals surface area contributed by atoms with Gasteiger partial charge in [-0.3, -0.25) is 4.79 Å². The number of hydrogen-bond donors (Lipinski definition) is 1. The molecule has 1 heterocycles. The van der Waals surface area contributed by atoms with Crippen LogP contribution in [0.25, 0.3) is 22.2 Å². The number of rotatable bonds is 5. The predicted molar refractivity (Wildman–Crippen MR) is 113 cm³/mol. The number of hydrogen-bond acceptors (Lipinski definition) is 5. The van der Waals surface area contributed by atoms with Gasteiger partial charge >= 0.3 is 0 Å². The molecule has 1 N–H and O–H groups in total. The summed E-state index contributed by atoms with van der Waals surface area (Å²) in [4.78, 5) is 12.3. The molecule has 1 amide bonds. The van der Waals surface area contributed by atoms with Gasteiger partial charge in [0.05, 0.1) is 5.75 Å². The van der Waals surface area contributed by atoms with Crippen molar-refractivity contribution < 1.29 is 9.21 Å². The number of aromatic nitrogens is 2. The van der Waals surface area contributed by atoms with E-state index < -0.39 is 0 Å². The van der Waals surface area contributed by atoms with Gasteiger partial charge in [0.15, 0.2) is 0 Å². The highest BCUT2D eigenvalue weighted by molar-refractivity contribution is 7.99. The van der Waals surface area contributed by atoms with Crippen molar-refractivity contribution in [1.29, 1.82) is 0 Å². The van der Waals surface area contributed by atoms with Crippen LogP contribution < -0.4 is 5.32 Å². The molecule has 3 aromatic carbocycles. The van der Waals surface area contributed by atoms with Crippen molar-refractivity contribution in [3.63, 3.8) is 0 Å². The molecule has 0 aliphatic carbocycles. The number of nitrogens with zero attached hydrogens (tertiary/aromatic N) is 2. The Hall–Kier alpha value is -3.12. The molecule has 0 saturated carbocycles. The van der Waals surface area contributed by atoms with Gasteiger partial charge in [0.1, 0.15) is 0 Å². The lowest BCUT2D eigenvalue weighted by molar-refractivity contribution is -0.113. The smallest absolute Gasteiger partial charge is 0.277 e. The standard InChI is InChI=1S/C22H19N3O2S/c1-14-6-5-7-15(2)20(14)23-19(26)13-28-22-25-24-21(27-22)18-11-10-16-8-3-4-9-17(16)12-18/h3-12H,13H2,1-2H3,(H,23,26). The molecule has 0 saturated heterocycles. The lowest BCUT2D eigenvalue weighted by Gasteiger charge is -2.10. The van der Waals surface area contributed by atoms with E-state index in [1.807, 2.05) is 68.4 Å². The molecule has 28 heavy (non-hydrogen) atoms. The molecule has 0 fully saturated rings. The minimum Gasteiger partial charge on any atom is -0.411 e. The number of para-hydroxylation sites is 1. The van der Waals surface area contributed by atoms with E-state index in [0.717, 1.165) is 33.2 Å². The third-order valence-corrected chi connectivity index (χ3v) is 5.29. The Balaban J connectivity index is 1.42. The van der Waals surface area contributed by atoms with Crippen molar-refractivity contribution in [1.82, 2.24) is 10.2 Å². The number of anilines is 1. The first-order chi connectivity index (χ1) is 13.6. The average Bonchev–Trinajstić information content (AvgIpc) is 3.18. The average molecular weight is 389 g/mol. The fraction of sp³-hybridized carbons (Fsp3) is 0.136. The quantitative estimate of drug-likeness (QED) is 0.473. The molecule has 4 aromatic rings. The molecule has 0 radical (unpaired) electrons. The summed E-state index contributed by atoms with van der Waals surface area (Å²) in [5.74, 6) is 0.545. The van der Waals surface area contributed by atoms with Crippen LogP contribution in [-0.2, 0) is 4.79 Å². The van der Waals surface area contributed by atoms with Crippen molar-refractivity contribution in [3.05, 3.63) is 71.8 Å². The van der Waals surface area contributed by atoms with E-state index in [1.165, 1.54) is 11.8 Å². The Morgan fingerprint density at radius 3 is 2.50 bits per heavy atom. The van der Waals surface area contributed by atoms with Crippen molar-refractivity contribution >= 4 is 34.1 Å². The summed E-state index contributed by atoms with van der Waals surface area (Å²) in [6, 6.07) is 20.0. The van der Waals surface area contributed by atoms with Gasteiger partial charge in [0, 0.05) is 11.3 Å².